The third kappa shape index (κ3) is 4.91. The predicted octanol–water partition coefficient (Wildman–Crippen LogP) is 4.79. The van der Waals surface area contributed by atoms with Crippen LogP contribution in [-0.4, -0.2) is 14.3 Å². The number of hydrogen-bond donors (Lipinski definition) is 1. The molecule has 0 bridgehead atoms. The molecule has 3 aromatic carbocycles. The van der Waals surface area contributed by atoms with Crippen molar-refractivity contribution in [1.82, 2.24) is 5.32 Å². The zero-order valence-corrected chi connectivity index (χ0v) is 16.8. The number of nitrogens with one attached hydrogen (secondary N) is 1. The van der Waals surface area contributed by atoms with Gasteiger partial charge in [0.1, 0.15) is 5.03 Å². The second kappa shape index (κ2) is 8.91. The first-order valence-corrected chi connectivity index (χ1v) is 10.9. The second-order valence-electron chi connectivity index (χ2n) is 6.05. The highest BCUT2D eigenvalue weighted by Gasteiger charge is 2.23. The number of aryl methyl sites for hydroxylation is 1. The topological polar surface area (TPSA) is 63.2 Å². The summed E-state index contributed by atoms with van der Waals surface area (Å²) in [4.78, 5) is 13.6. The first kappa shape index (κ1) is 19.9. The maximum atomic E-state index is 13.1. The summed E-state index contributed by atoms with van der Waals surface area (Å²) in [6.45, 7) is 1.88. The number of amides is 1. The fourth-order valence-corrected chi connectivity index (χ4v) is 4.64. The molecule has 6 heteroatoms. The molecule has 0 fully saturated rings. The highest BCUT2D eigenvalue weighted by Crippen LogP contribution is 2.25. The van der Waals surface area contributed by atoms with Crippen molar-refractivity contribution < 1.29 is 13.2 Å². The Morgan fingerprint density at radius 3 is 2.04 bits per heavy atom. The average Bonchev–Trinajstić information content (AvgIpc) is 2.72. The van der Waals surface area contributed by atoms with Gasteiger partial charge in [0, 0.05) is 15.9 Å². The van der Waals surface area contributed by atoms with Crippen molar-refractivity contribution in [2.75, 3.05) is 0 Å². The van der Waals surface area contributed by atoms with Crippen LogP contribution in [0.3, 0.4) is 0 Å². The number of benzene rings is 3. The van der Waals surface area contributed by atoms with Crippen LogP contribution in [0.25, 0.3) is 0 Å². The van der Waals surface area contributed by atoms with E-state index in [1.165, 1.54) is 17.2 Å². The molecule has 3 aromatic rings. The van der Waals surface area contributed by atoms with E-state index in [2.05, 4.69) is 5.32 Å². The Kier molecular flexibility index (Phi) is 6.34. The molecule has 0 spiro atoms. The molecule has 0 heterocycles. The zero-order valence-electron chi connectivity index (χ0n) is 15.2. The number of carbonyl (C=O) groups excluding carboxylic acids is 1. The largest absolute Gasteiger partial charge is 0.312 e. The summed E-state index contributed by atoms with van der Waals surface area (Å²) in [7, 11) is -3.88. The van der Waals surface area contributed by atoms with Crippen molar-refractivity contribution in [3.8, 4) is 0 Å². The van der Waals surface area contributed by atoms with Gasteiger partial charge in [0.2, 0.25) is 9.84 Å². The smallest absolute Gasteiger partial charge is 0.256 e. The van der Waals surface area contributed by atoms with Crippen LogP contribution >= 0.6 is 11.8 Å². The lowest BCUT2D eigenvalue weighted by atomic mass is 10.2. The fourth-order valence-electron chi connectivity index (χ4n) is 2.40. The van der Waals surface area contributed by atoms with E-state index < -0.39 is 15.7 Å². The van der Waals surface area contributed by atoms with Gasteiger partial charge in [-0.15, -0.1) is 0 Å². The van der Waals surface area contributed by atoms with E-state index in [0.29, 0.717) is 5.56 Å². The number of sulfone groups is 1. The molecule has 3 rings (SSSR count). The van der Waals surface area contributed by atoms with Gasteiger partial charge in [0.15, 0.2) is 0 Å². The van der Waals surface area contributed by atoms with Crippen LogP contribution in [-0.2, 0) is 9.84 Å². The molecule has 142 valence electrons. The predicted molar refractivity (Wildman–Crippen MR) is 113 cm³/mol. The molecule has 0 saturated carbocycles. The molecule has 0 aliphatic carbocycles. The molecule has 0 aliphatic rings. The first-order chi connectivity index (χ1) is 13.5. The lowest BCUT2D eigenvalue weighted by Gasteiger charge is -2.12. The zero-order chi connectivity index (χ0) is 20.0. The minimum absolute atomic E-state index is 0.131. The van der Waals surface area contributed by atoms with Gasteiger partial charge in [-0.2, -0.15) is 0 Å². The molecule has 4 nitrogen and oxygen atoms in total. The molecule has 28 heavy (non-hydrogen) atoms. The van der Waals surface area contributed by atoms with Crippen LogP contribution in [0.1, 0.15) is 15.9 Å². The van der Waals surface area contributed by atoms with Crippen LogP contribution in [0.4, 0.5) is 0 Å². The van der Waals surface area contributed by atoms with E-state index in [1.807, 2.05) is 37.3 Å². The van der Waals surface area contributed by atoms with Crippen molar-refractivity contribution in [1.29, 1.82) is 0 Å². The Bertz CT molecular complexity index is 1080. The Balaban J connectivity index is 1.96. The Morgan fingerprint density at radius 2 is 1.43 bits per heavy atom. The standard InChI is InChI=1S/C22H19NO3S2/c1-17-12-14-20(15-13-17)28(25,26)21(16-27-19-10-6-3-7-11-19)23-22(24)18-8-4-2-5-9-18/h2-16H,1H3,(H,23,24). The Morgan fingerprint density at radius 1 is 0.857 bits per heavy atom. The maximum absolute atomic E-state index is 13.1. The molecular weight excluding hydrogens is 390 g/mol. The van der Waals surface area contributed by atoms with Crippen LogP contribution < -0.4 is 5.32 Å². The third-order valence-corrected chi connectivity index (χ3v) is 6.68. The lowest BCUT2D eigenvalue weighted by Crippen LogP contribution is -2.27. The third-order valence-electron chi connectivity index (χ3n) is 3.94. The van der Waals surface area contributed by atoms with Gasteiger partial charge in [-0.05, 0) is 43.3 Å². The summed E-state index contributed by atoms with van der Waals surface area (Å²) in [6.07, 6.45) is 0. The fraction of sp³-hybridized carbons (Fsp3) is 0.0455. The molecule has 0 atom stereocenters. The average molecular weight is 410 g/mol. The monoisotopic (exact) mass is 409 g/mol. The van der Waals surface area contributed by atoms with Gasteiger partial charge in [-0.1, -0.05) is 65.9 Å². The summed E-state index contributed by atoms with van der Waals surface area (Å²) in [5, 5.41) is 3.88. The van der Waals surface area contributed by atoms with Gasteiger partial charge < -0.3 is 5.32 Å². The van der Waals surface area contributed by atoms with Gasteiger partial charge in [-0.25, -0.2) is 8.42 Å². The van der Waals surface area contributed by atoms with E-state index in [4.69, 9.17) is 0 Å². The van der Waals surface area contributed by atoms with Gasteiger partial charge >= 0.3 is 0 Å². The normalized spacial score (nSPS) is 11.8. The lowest BCUT2D eigenvalue weighted by molar-refractivity contribution is 0.0968. The van der Waals surface area contributed by atoms with E-state index in [0.717, 1.165) is 10.5 Å². The Labute approximate surface area is 169 Å². The highest BCUT2D eigenvalue weighted by molar-refractivity contribution is 8.03. The number of rotatable bonds is 6. The van der Waals surface area contributed by atoms with E-state index in [1.54, 1.807) is 54.6 Å². The van der Waals surface area contributed by atoms with Gasteiger partial charge in [0.05, 0.1) is 4.90 Å². The second-order valence-corrected chi connectivity index (χ2v) is 8.91. The molecule has 1 amide bonds. The van der Waals surface area contributed by atoms with Crippen molar-refractivity contribution in [2.45, 2.75) is 16.7 Å². The quantitative estimate of drug-likeness (QED) is 0.595. The summed E-state index contributed by atoms with van der Waals surface area (Å²) < 4.78 is 26.3. The van der Waals surface area contributed by atoms with Gasteiger partial charge in [-0.3, -0.25) is 4.79 Å². The molecular formula is C22H19NO3S2. The van der Waals surface area contributed by atoms with Crippen molar-refractivity contribution in [2.24, 2.45) is 0 Å². The molecule has 0 aliphatic heterocycles. The minimum atomic E-state index is -3.88. The molecule has 1 N–H and O–H groups in total. The minimum Gasteiger partial charge on any atom is -0.312 e. The SMILES string of the molecule is Cc1ccc(S(=O)(=O)C(=CSc2ccccc2)NC(=O)c2ccccc2)cc1. The number of thioether (sulfide) groups is 1. The van der Waals surface area contributed by atoms with Crippen molar-refractivity contribution in [3.05, 3.63) is 106 Å². The molecule has 0 aromatic heterocycles. The Hall–Kier alpha value is -2.83. The van der Waals surface area contributed by atoms with Crippen LogP contribution in [0.15, 0.2) is 105 Å². The molecule has 0 unspecified atom stereocenters. The van der Waals surface area contributed by atoms with Crippen molar-refractivity contribution >= 4 is 27.5 Å². The maximum Gasteiger partial charge on any atom is 0.256 e. The summed E-state index contributed by atoms with van der Waals surface area (Å²) in [5.41, 5.74) is 1.34. The highest BCUT2D eigenvalue weighted by atomic mass is 32.2. The molecule has 0 radical (unpaired) electrons. The van der Waals surface area contributed by atoms with Crippen LogP contribution in [0.5, 0.6) is 0 Å². The molecule has 0 saturated heterocycles. The van der Waals surface area contributed by atoms with Crippen molar-refractivity contribution in [3.63, 3.8) is 0 Å². The van der Waals surface area contributed by atoms with E-state index >= 15 is 0 Å². The summed E-state index contributed by atoms with van der Waals surface area (Å²) in [6, 6.07) is 24.4. The van der Waals surface area contributed by atoms with Gasteiger partial charge in [0.25, 0.3) is 5.91 Å². The first-order valence-electron chi connectivity index (χ1n) is 8.57. The summed E-state index contributed by atoms with van der Waals surface area (Å²) in [5.74, 6) is -0.476. The number of carbonyl (C=O) groups is 1. The van der Waals surface area contributed by atoms with Crippen LogP contribution in [0, 0.1) is 6.92 Å². The summed E-state index contributed by atoms with van der Waals surface area (Å²) >= 11 is 1.23. The van der Waals surface area contributed by atoms with E-state index in [9.17, 15) is 13.2 Å². The van der Waals surface area contributed by atoms with Crippen LogP contribution in [0.2, 0.25) is 0 Å². The van der Waals surface area contributed by atoms with E-state index in [-0.39, 0.29) is 9.92 Å². The number of hydrogen-bond acceptors (Lipinski definition) is 4.